The van der Waals surface area contributed by atoms with Crippen molar-refractivity contribution in [3.8, 4) is 34.2 Å². The summed E-state index contributed by atoms with van der Waals surface area (Å²) in [6.45, 7) is 8.31. The molecule has 0 aliphatic carbocycles. The molecule has 2 heterocycles. The van der Waals surface area contributed by atoms with Crippen LogP contribution in [-0.4, -0.2) is 33.3 Å². The van der Waals surface area contributed by atoms with Crippen LogP contribution >= 0.6 is 0 Å². The van der Waals surface area contributed by atoms with E-state index in [1.54, 1.807) is 0 Å². The molecule has 0 bridgehead atoms. The fraction of sp³-hybridized carbons (Fsp3) is 0.171. The maximum Gasteiger partial charge on any atom is 0.495 e. The van der Waals surface area contributed by atoms with Gasteiger partial charge in [-0.15, -0.1) is 0 Å². The molecule has 5 nitrogen and oxygen atoms in total. The maximum absolute atomic E-state index is 6.43. The van der Waals surface area contributed by atoms with Gasteiger partial charge in [-0.05, 0) is 60.8 Å². The summed E-state index contributed by atoms with van der Waals surface area (Å²) in [5.41, 5.74) is 2.97. The molecule has 1 aliphatic heterocycles. The normalized spacial score (nSPS) is 16.0. The highest BCUT2D eigenvalue weighted by atomic mass is 16.7. The summed E-state index contributed by atoms with van der Waals surface area (Å²) in [6.07, 6.45) is 0. The lowest BCUT2D eigenvalue weighted by atomic mass is 9.75. The number of hydrogen-bond donors (Lipinski definition) is 0. The average molecular weight is 535 g/mol. The Balaban J connectivity index is 1.41. The molecule has 1 aliphatic rings. The Bertz CT molecular complexity index is 1900. The van der Waals surface area contributed by atoms with E-state index in [1.165, 1.54) is 5.39 Å². The van der Waals surface area contributed by atoms with E-state index in [4.69, 9.17) is 24.3 Å². The van der Waals surface area contributed by atoms with Gasteiger partial charge in [-0.3, -0.25) is 0 Å². The first-order valence-electron chi connectivity index (χ1n) is 14.0. The highest BCUT2D eigenvalue weighted by Gasteiger charge is 2.52. The van der Waals surface area contributed by atoms with E-state index < -0.39 is 18.3 Å². The topological polar surface area (TPSA) is 57.1 Å². The van der Waals surface area contributed by atoms with E-state index in [-0.39, 0.29) is 0 Å². The van der Waals surface area contributed by atoms with Gasteiger partial charge in [-0.2, -0.15) is 0 Å². The second-order valence-corrected chi connectivity index (χ2v) is 11.6. The molecular weight excluding hydrogens is 505 g/mol. The van der Waals surface area contributed by atoms with Gasteiger partial charge in [0.05, 0.1) is 11.2 Å². The average Bonchev–Trinajstić information content (AvgIpc) is 3.22. The number of fused-ring (bicyclic) bond motifs is 2. The van der Waals surface area contributed by atoms with Gasteiger partial charge in [0.1, 0.15) is 0 Å². The van der Waals surface area contributed by atoms with E-state index in [0.29, 0.717) is 17.5 Å². The van der Waals surface area contributed by atoms with Crippen molar-refractivity contribution in [1.82, 2.24) is 15.0 Å². The molecule has 1 aromatic heterocycles. The number of rotatable bonds is 4. The molecule has 1 fully saturated rings. The van der Waals surface area contributed by atoms with Crippen molar-refractivity contribution in [2.75, 3.05) is 0 Å². The Morgan fingerprint density at radius 3 is 1.83 bits per heavy atom. The third-order valence-electron chi connectivity index (χ3n) is 8.38. The highest BCUT2D eigenvalue weighted by molar-refractivity contribution is 6.65. The summed E-state index contributed by atoms with van der Waals surface area (Å²) in [4.78, 5) is 15.0. The SMILES string of the molecule is CC1(C)OB(c2ccc(-c3nc(-c4ccccc4)nc(-c4ccc5ccccc5c4)n3)c3ccccc23)OC1(C)C. The van der Waals surface area contributed by atoms with Crippen molar-refractivity contribution in [3.05, 3.63) is 109 Å². The van der Waals surface area contributed by atoms with E-state index in [1.807, 2.05) is 48.5 Å². The maximum atomic E-state index is 6.43. The monoisotopic (exact) mass is 535 g/mol. The number of nitrogens with zero attached hydrogens (tertiary/aromatic N) is 3. The van der Waals surface area contributed by atoms with Gasteiger partial charge >= 0.3 is 7.12 Å². The van der Waals surface area contributed by atoms with E-state index >= 15 is 0 Å². The van der Waals surface area contributed by atoms with Crippen LogP contribution in [0.1, 0.15) is 27.7 Å². The van der Waals surface area contributed by atoms with Gasteiger partial charge in [0.2, 0.25) is 0 Å². The summed E-state index contributed by atoms with van der Waals surface area (Å²) < 4.78 is 12.9. The van der Waals surface area contributed by atoms with Crippen LogP contribution in [0.3, 0.4) is 0 Å². The standard InChI is InChI=1S/C35H30BN3O2/c1-34(2)35(3,4)41-36(40-34)30-21-20-29(27-16-10-11-17-28(27)30)33-38-31(24-13-6-5-7-14-24)37-32(39-33)26-19-18-23-12-8-9-15-25(23)22-26/h5-22H,1-4H3. The van der Waals surface area contributed by atoms with Crippen LogP contribution in [0.5, 0.6) is 0 Å². The first kappa shape index (κ1) is 25.6. The second kappa shape index (κ2) is 9.62. The smallest absolute Gasteiger partial charge is 0.399 e. The molecule has 0 saturated carbocycles. The Hall–Kier alpha value is -4.39. The molecule has 0 N–H and O–H groups in total. The molecule has 0 unspecified atom stereocenters. The van der Waals surface area contributed by atoms with Crippen LogP contribution < -0.4 is 5.46 Å². The van der Waals surface area contributed by atoms with E-state index in [2.05, 4.69) is 88.4 Å². The molecule has 0 spiro atoms. The molecule has 5 aromatic carbocycles. The van der Waals surface area contributed by atoms with Crippen molar-refractivity contribution >= 4 is 34.1 Å². The first-order chi connectivity index (χ1) is 19.8. The lowest BCUT2D eigenvalue weighted by Crippen LogP contribution is -2.41. The van der Waals surface area contributed by atoms with Crippen molar-refractivity contribution in [1.29, 1.82) is 0 Å². The summed E-state index contributed by atoms with van der Waals surface area (Å²) in [6, 6.07) is 37.2. The lowest BCUT2D eigenvalue weighted by Gasteiger charge is -2.32. The molecule has 0 amide bonds. The van der Waals surface area contributed by atoms with Crippen molar-refractivity contribution in [2.24, 2.45) is 0 Å². The van der Waals surface area contributed by atoms with Gasteiger partial charge in [-0.1, -0.05) is 103 Å². The Kier molecular flexibility index (Phi) is 6.00. The molecular formula is C35H30BN3O2. The Morgan fingerprint density at radius 1 is 0.512 bits per heavy atom. The van der Waals surface area contributed by atoms with Crippen LogP contribution in [0, 0.1) is 0 Å². The van der Waals surface area contributed by atoms with Gasteiger partial charge in [0.25, 0.3) is 0 Å². The fourth-order valence-corrected chi connectivity index (χ4v) is 5.36. The first-order valence-corrected chi connectivity index (χ1v) is 14.0. The Labute approximate surface area is 240 Å². The largest absolute Gasteiger partial charge is 0.495 e. The quantitative estimate of drug-likeness (QED) is 0.219. The minimum absolute atomic E-state index is 0.426. The fourth-order valence-electron chi connectivity index (χ4n) is 5.36. The molecule has 6 aromatic rings. The van der Waals surface area contributed by atoms with Gasteiger partial charge < -0.3 is 9.31 Å². The summed E-state index contributed by atoms with van der Waals surface area (Å²) in [7, 11) is -0.467. The molecule has 0 atom stereocenters. The zero-order valence-electron chi connectivity index (χ0n) is 23.6. The highest BCUT2D eigenvalue weighted by Crippen LogP contribution is 2.38. The number of benzene rings is 5. The minimum atomic E-state index is -0.467. The zero-order valence-corrected chi connectivity index (χ0v) is 23.6. The van der Waals surface area contributed by atoms with Crippen LogP contribution in [-0.2, 0) is 9.31 Å². The zero-order chi connectivity index (χ0) is 28.2. The third kappa shape index (κ3) is 4.50. The molecule has 6 heteroatoms. The lowest BCUT2D eigenvalue weighted by molar-refractivity contribution is 0.00578. The number of aromatic nitrogens is 3. The van der Waals surface area contributed by atoms with Crippen LogP contribution in [0.15, 0.2) is 109 Å². The second-order valence-electron chi connectivity index (χ2n) is 11.6. The van der Waals surface area contributed by atoms with Crippen molar-refractivity contribution < 1.29 is 9.31 Å². The molecule has 0 radical (unpaired) electrons. The predicted molar refractivity (Wildman–Crippen MR) is 167 cm³/mol. The van der Waals surface area contributed by atoms with Gasteiger partial charge in [0, 0.05) is 16.7 Å². The molecule has 1 saturated heterocycles. The summed E-state index contributed by atoms with van der Waals surface area (Å²) in [5, 5.41) is 4.41. The van der Waals surface area contributed by atoms with Gasteiger partial charge in [-0.25, -0.2) is 15.0 Å². The van der Waals surface area contributed by atoms with Crippen molar-refractivity contribution in [2.45, 2.75) is 38.9 Å². The predicted octanol–water partition coefficient (Wildman–Crippen LogP) is 7.48. The summed E-state index contributed by atoms with van der Waals surface area (Å²) >= 11 is 0. The third-order valence-corrected chi connectivity index (χ3v) is 8.38. The number of hydrogen-bond acceptors (Lipinski definition) is 5. The molecule has 41 heavy (non-hydrogen) atoms. The van der Waals surface area contributed by atoms with E-state index in [0.717, 1.165) is 38.3 Å². The van der Waals surface area contributed by atoms with Gasteiger partial charge in [0.15, 0.2) is 17.5 Å². The van der Waals surface area contributed by atoms with Crippen LogP contribution in [0.25, 0.3) is 55.7 Å². The minimum Gasteiger partial charge on any atom is -0.399 e. The van der Waals surface area contributed by atoms with E-state index in [9.17, 15) is 0 Å². The Morgan fingerprint density at radius 2 is 1.10 bits per heavy atom. The van der Waals surface area contributed by atoms with Crippen LogP contribution in [0.2, 0.25) is 0 Å². The van der Waals surface area contributed by atoms with Crippen LogP contribution in [0.4, 0.5) is 0 Å². The summed E-state index contributed by atoms with van der Waals surface area (Å²) in [5.74, 6) is 1.90. The molecule has 200 valence electrons. The molecule has 7 rings (SSSR count). The van der Waals surface area contributed by atoms with Crippen molar-refractivity contribution in [3.63, 3.8) is 0 Å².